The van der Waals surface area contributed by atoms with Gasteiger partial charge in [0.05, 0.1) is 17.6 Å². The molecule has 1 saturated heterocycles. The van der Waals surface area contributed by atoms with E-state index in [1.54, 1.807) is 6.26 Å². The minimum atomic E-state index is -0.880. The summed E-state index contributed by atoms with van der Waals surface area (Å²) in [5.74, 6) is 0.968. The fraction of sp³-hybridized carbons (Fsp3) is 0.684. The van der Waals surface area contributed by atoms with Gasteiger partial charge in [-0.3, -0.25) is 0 Å². The maximum atomic E-state index is 11.6. The smallest absolute Gasteiger partial charge is 0.119 e. The van der Waals surface area contributed by atoms with E-state index in [9.17, 15) is 4.21 Å². The number of rotatable bonds is 6. The Kier molecular flexibility index (Phi) is 8.89. The third-order valence-electron chi connectivity index (χ3n) is 4.62. The van der Waals surface area contributed by atoms with Crippen LogP contribution in [-0.4, -0.2) is 65.5 Å². The van der Waals surface area contributed by atoms with Gasteiger partial charge in [0.15, 0.2) is 0 Å². The van der Waals surface area contributed by atoms with Crippen LogP contribution in [0.15, 0.2) is 18.2 Å². The van der Waals surface area contributed by atoms with Gasteiger partial charge in [-0.25, -0.2) is 8.51 Å². The molecular weight excluding hydrogens is 334 g/mol. The van der Waals surface area contributed by atoms with Crippen molar-refractivity contribution in [2.45, 2.75) is 33.2 Å². The van der Waals surface area contributed by atoms with Crippen molar-refractivity contribution in [1.29, 1.82) is 0 Å². The van der Waals surface area contributed by atoms with E-state index in [1.807, 2.05) is 24.2 Å². The van der Waals surface area contributed by atoms with Gasteiger partial charge in [0, 0.05) is 52.1 Å². The lowest BCUT2D eigenvalue weighted by molar-refractivity contribution is 0.214. The van der Waals surface area contributed by atoms with E-state index in [1.165, 1.54) is 11.1 Å². The summed E-state index contributed by atoms with van der Waals surface area (Å²) in [4.78, 5) is 2.49. The molecule has 0 aliphatic carbocycles. The summed E-state index contributed by atoms with van der Waals surface area (Å²) >= 11 is 0. The van der Waals surface area contributed by atoms with Gasteiger partial charge in [-0.15, -0.1) is 0 Å². The Balaban J connectivity index is 0.00000109. The molecule has 1 fully saturated rings. The molecule has 3 rings (SSSR count). The maximum Gasteiger partial charge on any atom is 0.119 e. The molecule has 0 saturated carbocycles. The Morgan fingerprint density at radius 3 is 2.64 bits per heavy atom. The van der Waals surface area contributed by atoms with Crippen molar-refractivity contribution in [3.8, 4) is 5.75 Å². The van der Waals surface area contributed by atoms with Gasteiger partial charge in [-0.1, -0.05) is 19.9 Å². The van der Waals surface area contributed by atoms with Crippen molar-refractivity contribution in [1.82, 2.24) is 14.5 Å². The van der Waals surface area contributed by atoms with Crippen molar-refractivity contribution in [2.24, 2.45) is 0 Å². The molecular formula is C19H33N3O2S. The standard InChI is InChI=1S/C17H27N3O2S.C2H6/c1-23(21)20-9-5-15-13-17(4-3-16(15)14-20)22-12-2-8-19-10-6-18-7-11-19;1-2/h3-4,13,18H,2,5-12,14H2,1H3;1-2H3. The van der Waals surface area contributed by atoms with Crippen molar-refractivity contribution in [3.05, 3.63) is 29.3 Å². The summed E-state index contributed by atoms with van der Waals surface area (Å²) in [6, 6.07) is 6.34. The molecule has 2 aliphatic heterocycles. The monoisotopic (exact) mass is 367 g/mol. The highest BCUT2D eigenvalue weighted by molar-refractivity contribution is 7.81. The fourth-order valence-corrected chi connectivity index (χ4v) is 3.89. The number of nitrogens with one attached hydrogen (secondary N) is 1. The molecule has 5 nitrogen and oxygen atoms in total. The minimum Gasteiger partial charge on any atom is -0.494 e. The summed E-state index contributed by atoms with van der Waals surface area (Å²) in [7, 11) is -0.880. The van der Waals surface area contributed by atoms with Gasteiger partial charge in [-0.05, 0) is 36.1 Å². The van der Waals surface area contributed by atoms with E-state index in [0.29, 0.717) is 0 Å². The quantitative estimate of drug-likeness (QED) is 0.782. The molecule has 0 radical (unpaired) electrons. The highest BCUT2D eigenvalue weighted by Crippen LogP contribution is 2.24. The average molecular weight is 368 g/mol. The van der Waals surface area contributed by atoms with Crippen molar-refractivity contribution >= 4 is 11.0 Å². The minimum absolute atomic E-state index is 0.772. The second kappa shape index (κ2) is 10.9. The summed E-state index contributed by atoms with van der Waals surface area (Å²) < 4.78 is 19.5. The molecule has 2 heterocycles. The van der Waals surface area contributed by atoms with Crippen molar-refractivity contribution in [3.63, 3.8) is 0 Å². The van der Waals surface area contributed by atoms with Crippen LogP contribution in [0.2, 0.25) is 0 Å². The fourth-order valence-electron chi connectivity index (χ4n) is 3.23. The van der Waals surface area contributed by atoms with Crippen molar-refractivity contribution < 1.29 is 8.95 Å². The molecule has 1 unspecified atom stereocenters. The third-order valence-corrected chi connectivity index (χ3v) is 5.65. The number of benzene rings is 1. The van der Waals surface area contributed by atoms with Gasteiger partial charge in [0.25, 0.3) is 0 Å². The lowest BCUT2D eigenvalue weighted by Crippen LogP contribution is -2.43. The molecule has 1 N–H and O–H groups in total. The largest absolute Gasteiger partial charge is 0.494 e. The Labute approximate surface area is 155 Å². The Hall–Kier alpha value is -0.950. The summed E-state index contributed by atoms with van der Waals surface area (Å²) in [6.07, 6.45) is 3.77. The van der Waals surface area contributed by atoms with Crippen LogP contribution in [-0.2, 0) is 24.0 Å². The average Bonchev–Trinajstić information content (AvgIpc) is 2.67. The first kappa shape index (κ1) is 20.4. The molecule has 0 spiro atoms. The highest BCUT2D eigenvalue weighted by atomic mass is 32.2. The van der Waals surface area contributed by atoms with Gasteiger partial charge in [0.1, 0.15) is 5.75 Å². The number of piperazine rings is 1. The molecule has 0 aromatic heterocycles. The van der Waals surface area contributed by atoms with Gasteiger partial charge >= 0.3 is 0 Å². The first-order chi connectivity index (χ1) is 12.2. The summed E-state index contributed by atoms with van der Waals surface area (Å²) in [5.41, 5.74) is 2.62. The zero-order chi connectivity index (χ0) is 18.1. The maximum absolute atomic E-state index is 11.6. The van der Waals surface area contributed by atoms with E-state index in [0.717, 1.165) is 71.0 Å². The molecule has 2 aliphatic rings. The topological polar surface area (TPSA) is 44.8 Å². The Bertz CT molecular complexity index is 547. The second-order valence-electron chi connectivity index (χ2n) is 6.26. The van der Waals surface area contributed by atoms with E-state index in [-0.39, 0.29) is 0 Å². The van der Waals surface area contributed by atoms with Crippen LogP contribution in [0.25, 0.3) is 0 Å². The first-order valence-electron chi connectivity index (χ1n) is 9.48. The van der Waals surface area contributed by atoms with Gasteiger partial charge in [-0.2, -0.15) is 0 Å². The lowest BCUT2D eigenvalue weighted by atomic mass is 10.0. The predicted molar refractivity (Wildman–Crippen MR) is 105 cm³/mol. The van der Waals surface area contributed by atoms with Crippen LogP contribution in [0.1, 0.15) is 31.4 Å². The molecule has 1 aromatic carbocycles. The van der Waals surface area contributed by atoms with Crippen LogP contribution in [0.5, 0.6) is 5.75 Å². The highest BCUT2D eigenvalue weighted by Gasteiger charge is 2.18. The Morgan fingerprint density at radius 2 is 1.92 bits per heavy atom. The molecule has 142 valence electrons. The van der Waals surface area contributed by atoms with Crippen molar-refractivity contribution in [2.75, 3.05) is 52.1 Å². The number of fused-ring (bicyclic) bond motifs is 1. The number of hydrogen-bond acceptors (Lipinski definition) is 4. The second-order valence-corrected chi connectivity index (χ2v) is 7.63. The zero-order valence-corrected chi connectivity index (χ0v) is 16.7. The number of ether oxygens (including phenoxy) is 1. The van der Waals surface area contributed by atoms with Gasteiger partial charge < -0.3 is 15.0 Å². The van der Waals surface area contributed by atoms with E-state index >= 15 is 0 Å². The molecule has 1 atom stereocenters. The molecule has 0 bridgehead atoms. The Morgan fingerprint density at radius 1 is 1.16 bits per heavy atom. The van der Waals surface area contributed by atoms with Crippen LogP contribution >= 0.6 is 0 Å². The predicted octanol–water partition coefficient (Wildman–Crippen LogP) is 2.04. The first-order valence-corrected chi connectivity index (χ1v) is 11.0. The summed E-state index contributed by atoms with van der Waals surface area (Å²) in [5, 5.41) is 3.37. The molecule has 1 aromatic rings. The van der Waals surface area contributed by atoms with E-state index in [2.05, 4.69) is 22.3 Å². The number of hydrogen-bond donors (Lipinski definition) is 1. The van der Waals surface area contributed by atoms with Crippen LogP contribution in [0.3, 0.4) is 0 Å². The van der Waals surface area contributed by atoms with E-state index in [4.69, 9.17) is 4.74 Å². The normalized spacial score (nSPS) is 19.5. The third kappa shape index (κ3) is 6.37. The van der Waals surface area contributed by atoms with Gasteiger partial charge in [0.2, 0.25) is 0 Å². The lowest BCUT2D eigenvalue weighted by Gasteiger charge is -2.27. The zero-order valence-electron chi connectivity index (χ0n) is 15.9. The molecule has 6 heteroatoms. The van der Waals surface area contributed by atoms with Crippen LogP contribution in [0, 0.1) is 0 Å². The van der Waals surface area contributed by atoms with Crippen LogP contribution < -0.4 is 10.1 Å². The molecule has 25 heavy (non-hydrogen) atoms. The summed E-state index contributed by atoms with van der Waals surface area (Å²) in [6.45, 7) is 12.0. The number of nitrogens with zero attached hydrogens (tertiary/aromatic N) is 2. The van der Waals surface area contributed by atoms with E-state index < -0.39 is 11.0 Å². The SMILES string of the molecule is CC.CS(=O)N1CCc2cc(OCCCN3CCNCC3)ccc2C1. The van der Waals surface area contributed by atoms with Crippen LogP contribution in [0.4, 0.5) is 0 Å². The molecule has 0 amide bonds.